The number of piperidine rings is 1. The van der Waals surface area contributed by atoms with Crippen LogP contribution in [0.25, 0.3) is 0 Å². The molecule has 1 aliphatic heterocycles. The smallest absolute Gasteiger partial charge is 0.241 e. The molecule has 2 N–H and O–H groups in total. The summed E-state index contributed by atoms with van der Waals surface area (Å²) in [6, 6.07) is 1.84. The van der Waals surface area contributed by atoms with Crippen molar-refractivity contribution in [3.05, 3.63) is 15.8 Å². The zero-order chi connectivity index (χ0) is 14.8. The van der Waals surface area contributed by atoms with Gasteiger partial charge in [-0.2, -0.15) is 0 Å². The number of hydrogen-bond donors (Lipinski definition) is 2. The first-order chi connectivity index (χ1) is 9.42. The molecule has 5 nitrogen and oxygen atoms in total. The van der Waals surface area contributed by atoms with Crippen molar-refractivity contribution < 1.29 is 8.42 Å². The van der Waals surface area contributed by atoms with Crippen LogP contribution in [0.1, 0.15) is 22.6 Å². The summed E-state index contributed by atoms with van der Waals surface area (Å²) >= 11 is 1.54. The maximum atomic E-state index is 12.5. The molecular formula is C13H23N3O2S2. The minimum Gasteiger partial charge on any atom is -0.315 e. The molecule has 1 fully saturated rings. The van der Waals surface area contributed by atoms with E-state index in [9.17, 15) is 8.42 Å². The van der Waals surface area contributed by atoms with E-state index in [0.717, 1.165) is 35.7 Å². The van der Waals surface area contributed by atoms with Gasteiger partial charge in [-0.05, 0) is 53.0 Å². The monoisotopic (exact) mass is 317 g/mol. The number of sulfonamides is 1. The Morgan fingerprint density at radius 2 is 2.05 bits per heavy atom. The first-order valence-electron chi connectivity index (χ1n) is 6.87. The summed E-state index contributed by atoms with van der Waals surface area (Å²) in [7, 11) is 0.537. The molecule has 1 aliphatic rings. The molecule has 0 saturated carbocycles. The Kier molecular flexibility index (Phi) is 5.19. The lowest BCUT2D eigenvalue weighted by molar-refractivity contribution is 0.248. The standard InChI is InChI=1S/C13H23N3O2S2/c1-10-13(8-12(19-10)9-14-2)20(17,18)15-11-4-6-16(3)7-5-11/h8,11,14-15H,4-7,9H2,1-3H3. The Morgan fingerprint density at radius 1 is 1.40 bits per heavy atom. The van der Waals surface area contributed by atoms with E-state index in [0.29, 0.717) is 11.4 Å². The van der Waals surface area contributed by atoms with Gasteiger partial charge in [0.05, 0.1) is 4.90 Å². The zero-order valence-corrected chi connectivity index (χ0v) is 13.9. The molecule has 20 heavy (non-hydrogen) atoms. The molecule has 0 aliphatic carbocycles. The highest BCUT2D eigenvalue weighted by molar-refractivity contribution is 7.89. The average molecular weight is 317 g/mol. The molecule has 0 amide bonds. The van der Waals surface area contributed by atoms with Crippen LogP contribution in [-0.4, -0.2) is 46.5 Å². The normalized spacial score (nSPS) is 18.6. The number of hydrogen-bond acceptors (Lipinski definition) is 5. The molecule has 114 valence electrons. The molecule has 1 saturated heterocycles. The van der Waals surface area contributed by atoms with Crippen molar-refractivity contribution in [1.82, 2.24) is 14.9 Å². The van der Waals surface area contributed by atoms with Crippen LogP contribution in [0.15, 0.2) is 11.0 Å². The Hall–Kier alpha value is -0.470. The van der Waals surface area contributed by atoms with E-state index in [2.05, 4.69) is 22.0 Å². The quantitative estimate of drug-likeness (QED) is 0.855. The molecule has 2 rings (SSSR count). The number of nitrogens with one attached hydrogen (secondary N) is 2. The second-order valence-corrected chi connectivity index (χ2v) is 8.39. The second-order valence-electron chi connectivity index (χ2n) is 5.36. The molecule has 0 radical (unpaired) electrons. The molecule has 0 aromatic carbocycles. The predicted octanol–water partition coefficient (Wildman–Crippen LogP) is 1.15. The summed E-state index contributed by atoms with van der Waals surface area (Å²) < 4.78 is 27.8. The molecule has 0 spiro atoms. The number of rotatable bonds is 5. The summed E-state index contributed by atoms with van der Waals surface area (Å²) in [5.74, 6) is 0. The van der Waals surface area contributed by atoms with Crippen LogP contribution >= 0.6 is 11.3 Å². The molecule has 1 aromatic heterocycles. The summed E-state index contributed by atoms with van der Waals surface area (Å²) in [6.45, 7) is 4.46. The van der Waals surface area contributed by atoms with Gasteiger partial charge in [-0.3, -0.25) is 0 Å². The fraction of sp³-hybridized carbons (Fsp3) is 0.692. The molecule has 0 atom stereocenters. The number of likely N-dealkylation sites (tertiary alicyclic amines) is 1. The first kappa shape index (κ1) is 15.9. The van der Waals surface area contributed by atoms with Gasteiger partial charge in [-0.1, -0.05) is 0 Å². The van der Waals surface area contributed by atoms with Crippen LogP contribution < -0.4 is 10.0 Å². The van der Waals surface area contributed by atoms with Crippen LogP contribution in [0.4, 0.5) is 0 Å². The Bertz CT molecular complexity index is 546. The van der Waals surface area contributed by atoms with E-state index in [1.165, 1.54) is 11.3 Å². The highest BCUT2D eigenvalue weighted by Crippen LogP contribution is 2.26. The summed E-state index contributed by atoms with van der Waals surface area (Å²) in [5.41, 5.74) is 0. The summed E-state index contributed by atoms with van der Waals surface area (Å²) in [5, 5.41) is 3.05. The number of thiophene rings is 1. The van der Waals surface area contributed by atoms with E-state index in [-0.39, 0.29) is 6.04 Å². The maximum absolute atomic E-state index is 12.5. The van der Waals surface area contributed by atoms with Crippen LogP contribution in [0, 0.1) is 6.92 Å². The van der Waals surface area contributed by atoms with Crippen molar-refractivity contribution in [3.8, 4) is 0 Å². The van der Waals surface area contributed by atoms with Crippen molar-refractivity contribution >= 4 is 21.4 Å². The number of aryl methyl sites for hydroxylation is 1. The van der Waals surface area contributed by atoms with Crippen molar-refractivity contribution in [2.75, 3.05) is 27.2 Å². The highest BCUT2D eigenvalue weighted by Gasteiger charge is 2.25. The second kappa shape index (κ2) is 6.53. The lowest BCUT2D eigenvalue weighted by Gasteiger charge is -2.29. The van der Waals surface area contributed by atoms with Crippen LogP contribution in [0.3, 0.4) is 0 Å². The van der Waals surface area contributed by atoms with Crippen molar-refractivity contribution in [2.45, 2.75) is 37.2 Å². The van der Waals surface area contributed by atoms with Gasteiger partial charge in [0.1, 0.15) is 0 Å². The molecule has 1 aromatic rings. The summed E-state index contributed by atoms with van der Waals surface area (Å²) in [4.78, 5) is 4.57. The van der Waals surface area contributed by atoms with Crippen molar-refractivity contribution in [2.24, 2.45) is 0 Å². The predicted molar refractivity (Wildman–Crippen MR) is 82.7 cm³/mol. The topological polar surface area (TPSA) is 61.4 Å². The van der Waals surface area contributed by atoms with Gasteiger partial charge in [0.2, 0.25) is 10.0 Å². The summed E-state index contributed by atoms with van der Waals surface area (Å²) in [6.07, 6.45) is 1.75. The Balaban J connectivity index is 2.10. The van der Waals surface area contributed by atoms with Gasteiger partial charge in [0.15, 0.2) is 0 Å². The van der Waals surface area contributed by atoms with Gasteiger partial charge in [0, 0.05) is 22.3 Å². The average Bonchev–Trinajstić information content (AvgIpc) is 2.74. The molecular weight excluding hydrogens is 294 g/mol. The fourth-order valence-corrected chi connectivity index (χ4v) is 5.41. The van der Waals surface area contributed by atoms with Gasteiger partial charge in [0.25, 0.3) is 0 Å². The van der Waals surface area contributed by atoms with E-state index in [1.807, 2.05) is 14.0 Å². The van der Waals surface area contributed by atoms with E-state index in [4.69, 9.17) is 0 Å². The van der Waals surface area contributed by atoms with Gasteiger partial charge < -0.3 is 10.2 Å². The maximum Gasteiger partial charge on any atom is 0.241 e. The minimum atomic E-state index is -3.39. The third-order valence-corrected chi connectivity index (χ3v) is 6.43. The van der Waals surface area contributed by atoms with Gasteiger partial charge in [-0.15, -0.1) is 11.3 Å². The third-order valence-electron chi connectivity index (χ3n) is 3.60. The number of nitrogens with zero attached hydrogens (tertiary/aromatic N) is 1. The van der Waals surface area contributed by atoms with Crippen LogP contribution in [-0.2, 0) is 16.6 Å². The van der Waals surface area contributed by atoms with Crippen molar-refractivity contribution in [3.63, 3.8) is 0 Å². The molecule has 7 heteroatoms. The lowest BCUT2D eigenvalue weighted by atomic mass is 10.1. The molecule has 0 bridgehead atoms. The fourth-order valence-electron chi connectivity index (χ4n) is 2.46. The van der Waals surface area contributed by atoms with Gasteiger partial charge in [-0.25, -0.2) is 13.1 Å². The largest absolute Gasteiger partial charge is 0.315 e. The Morgan fingerprint density at radius 3 is 2.65 bits per heavy atom. The first-order valence-corrected chi connectivity index (χ1v) is 9.17. The third kappa shape index (κ3) is 3.79. The minimum absolute atomic E-state index is 0.0586. The lowest BCUT2D eigenvalue weighted by Crippen LogP contribution is -2.43. The van der Waals surface area contributed by atoms with Crippen molar-refractivity contribution in [1.29, 1.82) is 0 Å². The van der Waals surface area contributed by atoms with Gasteiger partial charge >= 0.3 is 0 Å². The SMILES string of the molecule is CNCc1cc(S(=O)(=O)NC2CCN(C)CC2)c(C)s1. The molecule has 2 heterocycles. The molecule has 0 unspecified atom stereocenters. The highest BCUT2D eigenvalue weighted by atomic mass is 32.2. The zero-order valence-electron chi connectivity index (χ0n) is 12.3. The van der Waals surface area contributed by atoms with E-state index >= 15 is 0 Å². The Labute approximate surface area is 125 Å². The van der Waals surface area contributed by atoms with E-state index < -0.39 is 10.0 Å². The van der Waals surface area contributed by atoms with E-state index in [1.54, 1.807) is 6.07 Å². The van der Waals surface area contributed by atoms with Crippen LogP contribution in [0.5, 0.6) is 0 Å². The van der Waals surface area contributed by atoms with Crippen LogP contribution in [0.2, 0.25) is 0 Å².